The summed E-state index contributed by atoms with van der Waals surface area (Å²) in [6, 6.07) is 7.91. The second kappa shape index (κ2) is 5.84. The lowest BCUT2D eigenvalue weighted by Crippen LogP contribution is -2.47. The normalized spacial score (nSPS) is 17.8. The molecule has 0 amide bonds. The molecule has 1 fully saturated rings. The minimum absolute atomic E-state index is 0.149. The summed E-state index contributed by atoms with van der Waals surface area (Å²) >= 11 is 0. The Balaban J connectivity index is 1.79. The van der Waals surface area contributed by atoms with E-state index in [-0.39, 0.29) is 6.54 Å². The molecule has 1 heterocycles. The molecule has 1 aromatic rings. The maximum atomic E-state index is 10.6. The predicted molar refractivity (Wildman–Crippen MR) is 70.2 cm³/mol. The van der Waals surface area contributed by atoms with Crippen LogP contribution in [0.4, 0.5) is 5.69 Å². The second-order valence-electron chi connectivity index (χ2n) is 4.69. The summed E-state index contributed by atoms with van der Waals surface area (Å²) in [6.07, 6.45) is 0. The maximum Gasteiger partial charge on any atom is 0.317 e. The van der Waals surface area contributed by atoms with Crippen molar-refractivity contribution in [1.82, 2.24) is 9.80 Å². The van der Waals surface area contributed by atoms with Crippen molar-refractivity contribution in [3.8, 4) is 0 Å². The predicted octanol–water partition coefficient (Wildman–Crippen LogP) is 0.471. The maximum absolute atomic E-state index is 10.6. The highest BCUT2D eigenvalue weighted by atomic mass is 16.4. The van der Waals surface area contributed by atoms with Gasteiger partial charge in [-0.05, 0) is 17.7 Å². The topological polar surface area (TPSA) is 69.8 Å². The highest BCUT2D eigenvalue weighted by Crippen LogP contribution is 2.10. The van der Waals surface area contributed by atoms with Crippen molar-refractivity contribution in [2.75, 3.05) is 38.5 Å². The molecule has 1 saturated heterocycles. The first kappa shape index (κ1) is 12.9. The van der Waals surface area contributed by atoms with Gasteiger partial charge in [0.05, 0.1) is 6.54 Å². The Kier molecular flexibility index (Phi) is 4.17. The van der Waals surface area contributed by atoms with Crippen molar-refractivity contribution < 1.29 is 9.90 Å². The summed E-state index contributed by atoms with van der Waals surface area (Å²) in [5.74, 6) is -0.748. The summed E-state index contributed by atoms with van der Waals surface area (Å²) in [6.45, 7) is 4.52. The highest BCUT2D eigenvalue weighted by Gasteiger charge is 2.18. The Morgan fingerprint density at radius 3 is 2.22 bits per heavy atom. The molecule has 0 aliphatic carbocycles. The number of carboxylic acids is 1. The molecule has 0 radical (unpaired) electrons. The fraction of sp³-hybridized carbons (Fsp3) is 0.462. The molecule has 0 atom stereocenters. The van der Waals surface area contributed by atoms with Crippen LogP contribution in [-0.2, 0) is 11.3 Å². The Morgan fingerprint density at radius 2 is 1.67 bits per heavy atom. The number of carboxylic acid groups (broad SMARTS) is 1. The summed E-state index contributed by atoms with van der Waals surface area (Å²) in [5.41, 5.74) is 7.68. The zero-order valence-electron chi connectivity index (χ0n) is 10.4. The third kappa shape index (κ3) is 3.72. The third-order valence-electron chi connectivity index (χ3n) is 3.21. The van der Waals surface area contributed by atoms with Gasteiger partial charge in [-0.15, -0.1) is 0 Å². The third-order valence-corrected chi connectivity index (χ3v) is 3.21. The molecule has 0 spiro atoms. The van der Waals surface area contributed by atoms with Crippen LogP contribution in [0, 0.1) is 0 Å². The van der Waals surface area contributed by atoms with Gasteiger partial charge in [0.1, 0.15) is 0 Å². The average molecular weight is 249 g/mol. The van der Waals surface area contributed by atoms with E-state index in [0.717, 1.165) is 38.4 Å². The Hall–Kier alpha value is -1.59. The number of carbonyl (C=O) groups is 1. The number of piperazine rings is 1. The van der Waals surface area contributed by atoms with Gasteiger partial charge < -0.3 is 10.8 Å². The van der Waals surface area contributed by atoms with E-state index in [1.165, 1.54) is 5.56 Å². The van der Waals surface area contributed by atoms with E-state index in [9.17, 15) is 4.79 Å². The van der Waals surface area contributed by atoms with Crippen molar-refractivity contribution in [2.24, 2.45) is 0 Å². The Labute approximate surface area is 107 Å². The van der Waals surface area contributed by atoms with Crippen LogP contribution in [0.15, 0.2) is 24.3 Å². The molecule has 0 unspecified atom stereocenters. The minimum Gasteiger partial charge on any atom is -0.480 e. The van der Waals surface area contributed by atoms with Gasteiger partial charge in [0.2, 0.25) is 0 Å². The number of hydrogen-bond donors (Lipinski definition) is 2. The number of aliphatic carboxylic acids is 1. The first-order valence-corrected chi connectivity index (χ1v) is 6.14. The number of nitrogen functional groups attached to an aromatic ring is 1. The van der Waals surface area contributed by atoms with E-state index in [0.29, 0.717) is 0 Å². The van der Waals surface area contributed by atoms with E-state index in [2.05, 4.69) is 4.90 Å². The SMILES string of the molecule is Nc1ccc(CN2CCN(CC(=O)O)CC2)cc1. The Morgan fingerprint density at radius 1 is 1.11 bits per heavy atom. The summed E-state index contributed by atoms with van der Waals surface area (Å²) in [7, 11) is 0. The molecular formula is C13H19N3O2. The number of nitrogens with two attached hydrogens (primary N) is 1. The van der Waals surface area contributed by atoms with Crippen molar-refractivity contribution in [3.05, 3.63) is 29.8 Å². The van der Waals surface area contributed by atoms with E-state index in [1.807, 2.05) is 29.2 Å². The zero-order valence-corrected chi connectivity index (χ0v) is 10.4. The van der Waals surface area contributed by atoms with E-state index in [4.69, 9.17) is 10.8 Å². The lowest BCUT2D eigenvalue weighted by Gasteiger charge is -2.33. The molecule has 3 N–H and O–H groups in total. The van der Waals surface area contributed by atoms with E-state index in [1.54, 1.807) is 0 Å². The van der Waals surface area contributed by atoms with Crippen molar-refractivity contribution in [1.29, 1.82) is 0 Å². The van der Waals surface area contributed by atoms with E-state index < -0.39 is 5.97 Å². The molecule has 0 aromatic heterocycles. The lowest BCUT2D eigenvalue weighted by molar-refractivity contribution is -0.138. The zero-order chi connectivity index (χ0) is 13.0. The molecule has 5 heteroatoms. The van der Waals surface area contributed by atoms with Crippen LogP contribution < -0.4 is 5.73 Å². The summed E-state index contributed by atoms with van der Waals surface area (Å²) in [4.78, 5) is 14.9. The largest absolute Gasteiger partial charge is 0.480 e. The van der Waals surface area contributed by atoms with Crippen LogP contribution >= 0.6 is 0 Å². The second-order valence-corrected chi connectivity index (χ2v) is 4.69. The van der Waals surface area contributed by atoms with Crippen LogP contribution in [0.3, 0.4) is 0 Å². The van der Waals surface area contributed by atoms with Crippen LogP contribution in [0.2, 0.25) is 0 Å². The molecular weight excluding hydrogens is 230 g/mol. The number of anilines is 1. The van der Waals surface area contributed by atoms with Gasteiger partial charge in [0, 0.05) is 38.4 Å². The fourth-order valence-electron chi connectivity index (χ4n) is 2.18. The molecule has 1 aromatic carbocycles. The molecule has 18 heavy (non-hydrogen) atoms. The van der Waals surface area contributed by atoms with Gasteiger partial charge in [0.25, 0.3) is 0 Å². The monoisotopic (exact) mass is 249 g/mol. The molecule has 1 aliphatic rings. The first-order chi connectivity index (χ1) is 8.63. The molecule has 98 valence electrons. The van der Waals surface area contributed by atoms with Crippen LogP contribution in [-0.4, -0.2) is 53.6 Å². The quantitative estimate of drug-likeness (QED) is 0.759. The van der Waals surface area contributed by atoms with Crippen LogP contribution in [0.25, 0.3) is 0 Å². The highest BCUT2D eigenvalue weighted by molar-refractivity contribution is 5.69. The average Bonchev–Trinajstić information content (AvgIpc) is 2.34. The fourth-order valence-corrected chi connectivity index (χ4v) is 2.18. The van der Waals surface area contributed by atoms with Crippen molar-refractivity contribution in [2.45, 2.75) is 6.54 Å². The summed E-state index contributed by atoms with van der Waals surface area (Å²) in [5, 5.41) is 8.73. The van der Waals surface area contributed by atoms with Gasteiger partial charge in [-0.1, -0.05) is 12.1 Å². The minimum atomic E-state index is -0.748. The molecule has 1 aliphatic heterocycles. The molecule has 2 rings (SSSR count). The van der Waals surface area contributed by atoms with Crippen molar-refractivity contribution >= 4 is 11.7 Å². The van der Waals surface area contributed by atoms with Gasteiger partial charge >= 0.3 is 5.97 Å². The Bertz CT molecular complexity index is 397. The van der Waals surface area contributed by atoms with Crippen LogP contribution in [0.5, 0.6) is 0 Å². The van der Waals surface area contributed by atoms with Gasteiger partial charge in [0.15, 0.2) is 0 Å². The molecule has 0 saturated carbocycles. The first-order valence-electron chi connectivity index (χ1n) is 6.14. The number of benzene rings is 1. The summed E-state index contributed by atoms with van der Waals surface area (Å²) < 4.78 is 0. The standard InChI is InChI=1S/C13H19N3O2/c14-12-3-1-11(2-4-12)9-15-5-7-16(8-6-15)10-13(17)18/h1-4H,5-10,14H2,(H,17,18). The van der Waals surface area contributed by atoms with E-state index >= 15 is 0 Å². The van der Waals surface area contributed by atoms with Gasteiger partial charge in [-0.3, -0.25) is 14.6 Å². The smallest absolute Gasteiger partial charge is 0.317 e. The number of hydrogen-bond acceptors (Lipinski definition) is 4. The van der Waals surface area contributed by atoms with Gasteiger partial charge in [-0.25, -0.2) is 0 Å². The lowest BCUT2D eigenvalue weighted by atomic mass is 10.2. The molecule has 0 bridgehead atoms. The number of rotatable bonds is 4. The van der Waals surface area contributed by atoms with Crippen LogP contribution in [0.1, 0.15) is 5.56 Å². The number of nitrogens with zero attached hydrogens (tertiary/aromatic N) is 2. The molecule has 5 nitrogen and oxygen atoms in total. The van der Waals surface area contributed by atoms with Crippen molar-refractivity contribution in [3.63, 3.8) is 0 Å². The van der Waals surface area contributed by atoms with Gasteiger partial charge in [-0.2, -0.15) is 0 Å².